The lowest BCUT2D eigenvalue weighted by Gasteiger charge is -2.17. The maximum Gasteiger partial charge on any atom is 0.237 e. The number of aromatic nitrogens is 2. The van der Waals surface area contributed by atoms with Crippen molar-refractivity contribution in [3.05, 3.63) is 18.2 Å². The number of amides is 1. The van der Waals surface area contributed by atoms with Crippen molar-refractivity contribution >= 4 is 5.91 Å². The van der Waals surface area contributed by atoms with Crippen molar-refractivity contribution in [2.75, 3.05) is 13.1 Å². The maximum atomic E-state index is 12.2. The number of nitrogens with zero attached hydrogens (tertiary/aromatic N) is 1. The summed E-state index contributed by atoms with van der Waals surface area (Å²) in [6.45, 7) is 1.75. The summed E-state index contributed by atoms with van der Waals surface area (Å²) < 4.78 is 0. The lowest BCUT2D eigenvalue weighted by atomic mass is 9.93. The zero-order chi connectivity index (χ0) is 13.1. The van der Waals surface area contributed by atoms with E-state index in [-0.39, 0.29) is 11.9 Å². The molecule has 1 aromatic heterocycles. The summed E-state index contributed by atoms with van der Waals surface area (Å²) in [7, 11) is 0. The number of aromatic amines is 1. The lowest BCUT2D eigenvalue weighted by Crippen LogP contribution is -2.44. The minimum absolute atomic E-state index is 0.0520. The zero-order valence-electron chi connectivity index (χ0n) is 11.2. The maximum absolute atomic E-state index is 12.2. The van der Waals surface area contributed by atoms with Crippen molar-refractivity contribution in [3.8, 4) is 0 Å². The molecule has 1 aliphatic carbocycles. The Morgan fingerprint density at radius 1 is 1.47 bits per heavy atom. The average molecular weight is 262 g/mol. The fourth-order valence-electron chi connectivity index (χ4n) is 3.49. The number of fused-ring (bicyclic) bond motifs is 1. The van der Waals surface area contributed by atoms with Crippen LogP contribution in [0.2, 0.25) is 0 Å². The zero-order valence-corrected chi connectivity index (χ0v) is 11.2. The molecule has 104 valence electrons. The quantitative estimate of drug-likeness (QED) is 0.689. The van der Waals surface area contributed by atoms with Crippen LogP contribution in [0.25, 0.3) is 0 Å². The summed E-state index contributed by atoms with van der Waals surface area (Å²) in [6, 6.07) is 0.0520. The first kappa shape index (κ1) is 12.7. The molecule has 0 spiro atoms. The van der Waals surface area contributed by atoms with Crippen molar-refractivity contribution in [3.63, 3.8) is 0 Å². The molecular weight excluding hydrogens is 240 g/mol. The molecule has 2 fully saturated rings. The van der Waals surface area contributed by atoms with Gasteiger partial charge in [0.2, 0.25) is 5.91 Å². The van der Waals surface area contributed by atoms with Gasteiger partial charge in [-0.1, -0.05) is 6.42 Å². The standard InChI is InChI=1S/C14H22N4O/c19-14(13-11-4-1-3-10(11)9-18-13)17-6-2-5-12-15-7-8-16-12/h7-8,10-11,13,18H,1-6,9H2,(H,15,16)(H,17,19). The Kier molecular flexibility index (Phi) is 3.82. The molecule has 3 atom stereocenters. The van der Waals surface area contributed by atoms with E-state index in [4.69, 9.17) is 0 Å². The molecule has 3 unspecified atom stereocenters. The van der Waals surface area contributed by atoms with Crippen LogP contribution in [0, 0.1) is 11.8 Å². The Balaban J connectivity index is 1.39. The summed E-state index contributed by atoms with van der Waals surface area (Å²) in [4.78, 5) is 19.4. The SMILES string of the molecule is O=C(NCCCc1ncc[nH]1)C1NCC2CCCC21. The number of nitrogens with one attached hydrogen (secondary N) is 3. The molecule has 1 aromatic rings. The van der Waals surface area contributed by atoms with Crippen LogP contribution in [0.3, 0.4) is 0 Å². The fourth-order valence-corrected chi connectivity index (χ4v) is 3.49. The Labute approximate surface area is 113 Å². The fraction of sp³-hybridized carbons (Fsp3) is 0.714. The Morgan fingerprint density at radius 2 is 2.42 bits per heavy atom. The molecule has 5 heteroatoms. The van der Waals surface area contributed by atoms with Crippen LogP contribution in [0.1, 0.15) is 31.5 Å². The molecule has 2 aliphatic rings. The number of aryl methyl sites for hydroxylation is 1. The van der Waals surface area contributed by atoms with E-state index in [2.05, 4.69) is 20.6 Å². The average Bonchev–Trinajstić information content (AvgIpc) is 3.10. The molecule has 5 nitrogen and oxygen atoms in total. The van der Waals surface area contributed by atoms with Crippen LogP contribution < -0.4 is 10.6 Å². The van der Waals surface area contributed by atoms with E-state index < -0.39 is 0 Å². The van der Waals surface area contributed by atoms with Gasteiger partial charge in [-0.2, -0.15) is 0 Å². The van der Waals surface area contributed by atoms with Crippen LogP contribution in [0.5, 0.6) is 0 Å². The lowest BCUT2D eigenvalue weighted by molar-refractivity contribution is -0.123. The predicted molar refractivity (Wildman–Crippen MR) is 72.5 cm³/mol. The van der Waals surface area contributed by atoms with Crippen LogP contribution in [0.4, 0.5) is 0 Å². The van der Waals surface area contributed by atoms with Gasteiger partial charge in [0.05, 0.1) is 6.04 Å². The van der Waals surface area contributed by atoms with Crippen molar-refractivity contribution in [2.24, 2.45) is 11.8 Å². The van der Waals surface area contributed by atoms with Gasteiger partial charge in [-0.3, -0.25) is 4.79 Å². The van der Waals surface area contributed by atoms with Crippen molar-refractivity contribution < 1.29 is 4.79 Å². The van der Waals surface area contributed by atoms with Crippen LogP contribution in [-0.2, 0) is 11.2 Å². The van der Waals surface area contributed by atoms with Gasteiger partial charge in [0, 0.05) is 25.4 Å². The third kappa shape index (κ3) is 2.81. The normalized spacial score (nSPS) is 29.4. The van der Waals surface area contributed by atoms with E-state index in [0.717, 1.165) is 37.7 Å². The second-order valence-electron chi connectivity index (χ2n) is 5.67. The first-order valence-electron chi connectivity index (χ1n) is 7.34. The Bertz CT molecular complexity index is 417. The Hall–Kier alpha value is -1.36. The summed E-state index contributed by atoms with van der Waals surface area (Å²) in [5, 5.41) is 6.44. The molecule has 1 saturated carbocycles. The summed E-state index contributed by atoms with van der Waals surface area (Å²) in [6.07, 6.45) is 9.20. The highest BCUT2D eigenvalue weighted by atomic mass is 16.2. The van der Waals surface area contributed by atoms with Crippen molar-refractivity contribution in [1.29, 1.82) is 0 Å². The summed E-state index contributed by atoms with van der Waals surface area (Å²) in [5.41, 5.74) is 0. The number of hydrogen-bond acceptors (Lipinski definition) is 3. The van der Waals surface area contributed by atoms with E-state index >= 15 is 0 Å². The molecule has 1 saturated heterocycles. The highest BCUT2D eigenvalue weighted by Crippen LogP contribution is 2.37. The minimum atomic E-state index is 0.0520. The van der Waals surface area contributed by atoms with E-state index in [1.807, 2.05) is 6.20 Å². The van der Waals surface area contributed by atoms with E-state index in [9.17, 15) is 4.79 Å². The second-order valence-corrected chi connectivity index (χ2v) is 5.67. The molecular formula is C14H22N4O. The molecule has 2 heterocycles. The number of imidazole rings is 1. The van der Waals surface area contributed by atoms with Crippen LogP contribution >= 0.6 is 0 Å². The monoisotopic (exact) mass is 262 g/mol. The van der Waals surface area contributed by atoms with E-state index in [1.165, 1.54) is 19.3 Å². The van der Waals surface area contributed by atoms with Gasteiger partial charge >= 0.3 is 0 Å². The molecule has 3 rings (SSSR count). The van der Waals surface area contributed by atoms with Gasteiger partial charge in [0.1, 0.15) is 5.82 Å². The predicted octanol–water partition coefficient (Wildman–Crippen LogP) is 0.847. The van der Waals surface area contributed by atoms with Gasteiger partial charge in [-0.25, -0.2) is 4.98 Å². The first-order valence-corrected chi connectivity index (χ1v) is 7.34. The van der Waals surface area contributed by atoms with Gasteiger partial charge in [-0.05, 0) is 37.6 Å². The largest absolute Gasteiger partial charge is 0.355 e. The summed E-state index contributed by atoms with van der Waals surface area (Å²) in [5.74, 6) is 2.49. The van der Waals surface area contributed by atoms with Gasteiger partial charge in [0.25, 0.3) is 0 Å². The number of rotatable bonds is 5. The van der Waals surface area contributed by atoms with E-state index in [1.54, 1.807) is 6.20 Å². The number of carbonyl (C=O) groups excluding carboxylic acids is 1. The molecule has 0 aromatic carbocycles. The molecule has 19 heavy (non-hydrogen) atoms. The summed E-state index contributed by atoms with van der Waals surface area (Å²) >= 11 is 0. The molecule has 0 radical (unpaired) electrons. The molecule has 3 N–H and O–H groups in total. The molecule has 0 bridgehead atoms. The van der Waals surface area contributed by atoms with Crippen molar-refractivity contribution in [2.45, 2.75) is 38.1 Å². The van der Waals surface area contributed by atoms with Gasteiger partial charge in [0.15, 0.2) is 0 Å². The second kappa shape index (κ2) is 5.74. The topological polar surface area (TPSA) is 69.8 Å². The first-order chi connectivity index (χ1) is 9.34. The smallest absolute Gasteiger partial charge is 0.237 e. The van der Waals surface area contributed by atoms with Crippen LogP contribution in [-0.4, -0.2) is 35.0 Å². The van der Waals surface area contributed by atoms with Gasteiger partial charge in [-0.15, -0.1) is 0 Å². The minimum Gasteiger partial charge on any atom is -0.355 e. The number of H-pyrrole nitrogens is 1. The van der Waals surface area contributed by atoms with E-state index in [0.29, 0.717) is 5.92 Å². The number of hydrogen-bond donors (Lipinski definition) is 3. The number of carbonyl (C=O) groups is 1. The highest BCUT2D eigenvalue weighted by Gasteiger charge is 2.42. The van der Waals surface area contributed by atoms with Crippen molar-refractivity contribution in [1.82, 2.24) is 20.6 Å². The Morgan fingerprint density at radius 3 is 3.26 bits per heavy atom. The third-order valence-corrected chi connectivity index (χ3v) is 4.47. The third-order valence-electron chi connectivity index (χ3n) is 4.47. The van der Waals surface area contributed by atoms with Gasteiger partial charge < -0.3 is 15.6 Å². The highest BCUT2D eigenvalue weighted by molar-refractivity contribution is 5.82. The molecule has 1 aliphatic heterocycles. The van der Waals surface area contributed by atoms with Crippen LogP contribution in [0.15, 0.2) is 12.4 Å². The molecule has 1 amide bonds.